The Kier molecular flexibility index (Phi) is 5.12. The number of aliphatic hydroxyl groups is 1. The monoisotopic (exact) mass is 311 g/mol. The van der Waals surface area contributed by atoms with Crippen LogP contribution in [0.4, 0.5) is 5.69 Å². The summed E-state index contributed by atoms with van der Waals surface area (Å²) in [4.78, 5) is 0. The van der Waals surface area contributed by atoms with E-state index in [4.69, 9.17) is 27.9 Å². The molecule has 2 N–H and O–H groups in total. The fourth-order valence-corrected chi connectivity index (χ4v) is 2.36. The van der Waals surface area contributed by atoms with Crippen molar-refractivity contribution in [1.29, 1.82) is 0 Å². The molecule has 0 aliphatic rings. The van der Waals surface area contributed by atoms with E-state index in [2.05, 4.69) is 5.32 Å². The zero-order valence-corrected chi connectivity index (χ0v) is 12.4. The van der Waals surface area contributed by atoms with Gasteiger partial charge in [-0.05, 0) is 23.8 Å². The topological polar surface area (TPSA) is 41.5 Å². The lowest BCUT2D eigenvalue weighted by Crippen LogP contribution is -2.15. The first-order valence-electron chi connectivity index (χ1n) is 6.11. The highest BCUT2D eigenvalue weighted by molar-refractivity contribution is 6.42. The molecule has 0 amide bonds. The molecule has 0 bridgehead atoms. The van der Waals surface area contributed by atoms with Crippen LogP contribution in [0.2, 0.25) is 10.0 Å². The number of halogens is 2. The summed E-state index contributed by atoms with van der Waals surface area (Å²) in [6, 6.07) is 12.5. The number of ether oxygens (including phenoxy) is 1. The van der Waals surface area contributed by atoms with Crippen LogP contribution in [0, 0.1) is 0 Å². The molecule has 0 saturated carbocycles. The molecule has 2 aromatic carbocycles. The fraction of sp³-hybridized carbons (Fsp3) is 0.200. The van der Waals surface area contributed by atoms with E-state index < -0.39 is 0 Å². The molecule has 0 spiro atoms. The van der Waals surface area contributed by atoms with E-state index in [0.717, 1.165) is 17.0 Å². The van der Waals surface area contributed by atoms with Crippen molar-refractivity contribution in [2.24, 2.45) is 0 Å². The molecule has 0 fully saturated rings. The van der Waals surface area contributed by atoms with Crippen LogP contribution in [0.25, 0.3) is 0 Å². The maximum absolute atomic E-state index is 9.59. The maximum atomic E-state index is 9.59. The molecule has 106 valence electrons. The number of rotatable bonds is 5. The SMILES string of the molecule is COc1cccc(NC(CO)c2cccc(Cl)c2Cl)c1. The summed E-state index contributed by atoms with van der Waals surface area (Å²) in [5, 5.41) is 13.7. The Balaban J connectivity index is 2.26. The van der Waals surface area contributed by atoms with Gasteiger partial charge in [-0.25, -0.2) is 0 Å². The van der Waals surface area contributed by atoms with Crippen molar-refractivity contribution in [3.05, 3.63) is 58.1 Å². The Morgan fingerprint density at radius 3 is 2.65 bits per heavy atom. The Labute approximate surface area is 128 Å². The van der Waals surface area contributed by atoms with Gasteiger partial charge >= 0.3 is 0 Å². The quantitative estimate of drug-likeness (QED) is 0.871. The third-order valence-corrected chi connectivity index (χ3v) is 3.78. The predicted molar refractivity (Wildman–Crippen MR) is 82.9 cm³/mol. The van der Waals surface area contributed by atoms with Crippen LogP contribution in [0.1, 0.15) is 11.6 Å². The predicted octanol–water partition coefficient (Wildman–Crippen LogP) is 4.15. The van der Waals surface area contributed by atoms with E-state index in [9.17, 15) is 5.11 Å². The van der Waals surface area contributed by atoms with E-state index in [1.165, 1.54) is 0 Å². The number of aliphatic hydroxyl groups excluding tert-OH is 1. The van der Waals surface area contributed by atoms with E-state index >= 15 is 0 Å². The second kappa shape index (κ2) is 6.84. The van der Waals surface area contributed by atoms with Crippen molar-refractivity contribution in [3.8, 4) is 5.75 Å². The van der Waals surface area contributed by atoms with Gasteiger partial charge < -0.3 is 15.2 Å². The molecule has 20 heavy (non-hydrogen) atoms. The van der Waals surface area contributed by atoms with E-state index in [0.29, 0.717) is 10.0 Å². The van der Waals surface area contributed by atoms with E-state index in [1.807, 2.05) is 30.3 Å². The molecule has 1 atom stereocenters. The fourth-order valence-electron chi connectivity index (χ4n) is 1.93. The van der Waals surface area contributed by atoms with Gasteiger partial charge in [-0.15, -0.1) is 0 Å². The summed E-state index contributed by atoms with van der Waals surface area (Å²) in [6.07, 6.45) is 0. The molecule has 0 aromatic heterocycles. The average molecular weight is 312 g/mol. The van der Waals surface area contributed by atoms with Gasteiger partial charge in [0.2, 0.25) is 0 Å². The lowest BCUT2D eigenvalue weighted by Gasteiger charge is -2.20. The zero-order valence-electron chi connectivity index (χ0n) is 10.9. The van der Waals surface area contributed by atoms with Gasteiger partial charge in [-0.1, -0.05) is 41.4 Å². The van der Waals surface area contributed by atoms with Gasteiger partial charge in [-0.3, -0.25) is 0 Å². The van der Waals surface area contributed by atoms with Crippen LogP contribution >= 0.6 is 23.2 Å². The molecule has 0 aliphatic carbocycles. The third-order valence-electron chi connectivity index (χ3n) is 2.95. The number of methoxy groups -OCH3 is 1. The summed E-state index contributed by atoms with van der Waals surface area (Å²) >= 11 is 12.2. The summed E-state index contributed by atoms with van der Waals surface area (Å²) in [7, 11) is 1.61. The first-order valence-corrected chi connectivity index (χ1v) is 6.86. The minimum atomic E-state index is -0.340. The molecule has 3 nitrogen and oxygen atoms in total. The van der Waals surface area contributed by atoms with Crippen molar-refractivity contribution in [3.63, 3.8) is 0 Å². The normalized spacial score (nSPS) is 12.0. The lowest BCUT2D eigenvalue weighted by molar-refractivity contribution is 0.276. The Morgan fingerprint density at radius 2 is 1.95 bits per heavy atom. The number of hydrogen-bond donors (Lipinski definition) is 2. The summed E-state index contributed by atoms with van der Waals surface area (Å²) in [5.41, 5.74) is 1.59. The van der Waals surface area contributed by atoms with Crippen LogP contribution in [0.3, 0.4) is 0 Å². The van der Waals surface area contributed by atoms with Crippen molar-refractivity contribution in [2.75, 3.05) is 19.0 Å². The largest absolute Gasteiger partial charge is 0.497 e. The molecule has 2 aromatic rings. The van der Waals surface area contributed by atoms with Crippen LogP contribution < -0.4 is 10.1 Å². The van der Waals surface area contributed by atoms with Gasteiger partial charge in [0.1, 0.15) is 5.75 Å². The summed E-state index contributed by atoms with van der Waals surface area (Å²) < 4.78 is 5.17. The molecule has 0 aliphatic heterocycles. The summed E-state index contributed by atoms with van der Waals surface area (Å²) in [6.45, 7) is -0.0999. The highest BCUT2D eigenvalue weighted by Gasteiger charge is 2.15. The van der Waals surface area contributed by atoms with Gasteiger partial charge in [0.05, 0.1) is 29.8 Å². The second-order valence-electron chi connectivity index (χ2n) is 4.25. The molecular formula is C15H15Cl2NO2. The van der Waals surface area contributed by atoms with Crippen LogP contribution in [-0.4, -0.2) is 18.8 Å². The van der Waals surface area contributed by atoms with Gasteiger partial charge in [0.15, 0.2) is 0 Å². The van der Waals surface area contributed by atoms with Crippen LogP contribution in [0.15, 0.2) is 42.5 Å². The molecule has 0 heterocycles. The first kappa shape index (κ1) is 15.0. The average Bonchev–Trinajstić information content (AvgIpc) is 2.48. The number of nitrogens with one attached hydrogen (secondary N) is 1. The molecule has 0 radical (unpaired) electrons. The highest BCUT2D eigenvalue weighted by atomic mass is 35.5. The van der Waals surface area contributed by atoms with E-state index in [1.54, 1.807) is 19.2 Å². The summed E-state index contributed by atoms with van der Waals surface area (Å²) in [5.74, 6) is 0.740. The Morgan fingerprint density at radius 1 is 1.20 bits per heavy atom. The molecule has 2 rings (SSSR count). The van der Waals surface area contributed by atoms with Crippen molar-refractivity contribution in [2.45, 2.75) is 6.04 Å². The van der Waals surface area contributed by atoms with Crippen molar-refractivity contribution < 1.29 is 9.84 Å². The minimum absolute atomic E-state index is 0.0999. The smallest absolute Gasteiger partial charge is 0.120 e. The second-order valence-corrected chi connectivity index (χ2v) is 5.04. The number of anilines is 1. The molecule has 0 saturated heterocycles. The Hall–Kier alpha value is -1.42. The van der Waals surface area contributed by atoms with Crippen LogP contribution in [0.5, 0.6) is 5.75 Å². The van der Waals surface area contributed by atoms with Crippen LogP contribution in [-0.2, 0) is 0 Å². The molecule has 5 heteroatoms. The zero-order chi connectivity index (χ0) is 14.5. The van der Waals surface area contributed by atoms with Gasteiger partial charge in [-0.2, -0.15) is 0 Å². The van der Waals surface area contributed by atoms with E-state index in [-0.39, 0.29) is 12.6 Å². The number of hydrogen-bond acceptors (Lipinski definition) is 3. The third kappa shape index (κ3) is 3.37. The molecule has 1 unspecified atom stereocenters. The minimum Gasteiger partial charge on any atom is -0.497 e. The van der Waals surface area contributed by atoms with Gasteiger partial charge in [0.25, 0.3) is 0 Å². The number of benzene rings is 2. The lowest BCUT2D eigenvalue weighted by atomic mass is 10.1. The van der Waals surface area contributed by atoms with Crippen molar-refractivity contribution >= 4 is 28.9 Å². The molecular weight excluding hydrogens is 297 g/mol. The first-order chi connectivity index (χ1) is 9.65. The Bertz CT molecular complexity index is 590. The standard InChI is InChI=1S/C15H15Cl2NO2/c1-20-11-5-2-4-10(8-11)18-14(9-19)12-6-3-7-13(16)15(12)17/h2-8,14,18-19H,9H2,1H3. The maximum Gasteiger partial charge on any atom is 0.120 e. The highest BCUT2D eigenvalue weighted by Crippen LogP contribution is 2.32. The van der Waals surface area contributed by atoms with Crippen molar-refractivity contribution in [1.82, 2.24) is 0 Å². The van der Waals surface area contributed by atoms with Gasteiger partial charge in [0, 0.05) is 11.8 Å².